The maximum Gasteiger partial charge on any atom is 0.251 e. The Labute approximate surface area is 245 Å². The molecule has 2 atom stereocenters. The molecule has 0 bridgehead atoms. The molecule has 0 spiro atoms. The third-order valence-corrected chi connectivity index (χ3v) is 9.21. The highest BCUT2D eigenvalue weighted by molar-refractivity contribution is 8.25. The Morgan fingerprint density at radius 1 is 0.976 bits per heavy atom. The number of aliphatic hydroxyl groups excluding tert-OH is 1. The smallest absolute Gasteiger partial charge is 0.251 e. The van der Waals surface area contributed by atoms with Crippen LogP contribution >= 0.6 is 10.8 Å². The van der Waals surface area contributed by atoms with Crippen molar-refractivity contribution in [1.82, 2.24) is 10.6 Å². The Balaban J connectivity index is 1.53. The molecule has 0 radical (unpaired) electrons. The van der Waals surface area contributed by atoms with E-state index in [4.69, 9.17) is 0 Å². The molecule has 4 rings (SSSR count). The van der Waals surface area contributed by atoms with Crippen LogP contribution in [0.5, 0.6) is 0 Å². The van der Waals surface area contributed by atoms with Gasteiger partial charge in [0.2, 0.25) is 0 Å². The highest BCUT2D eigenvalue weighted by Crippen LogP contribution is 2.50. The number of carbonyl (C=O) groups is 1. The second kappa shape index (κ2) is 14.2. The fourth-order valence-electron chi connectivity index (χ4n) is 5.38. The number of hydrogen-bond donors (Lipinski definition) is 6. The first-order chi connectivity index (χ1) is 19.6. The molecule has 3 aromatic rings. The molecule has 222 valence electrons. The van der Waals surface area contributed by atoms with E-state index >= 15 is 0 Å². The van der Waals surface area contributed by atoms with Gasteiger partial charge in [0.25, 0.3) is 5.91 Å². The molecule has 1 amide bonds. The lowest BCUT2D eigenvalue weighted by Gasteiger charge is -2.47. The third-order valence-electron chi connectivity index (χ3n) is 7.27. The van der Waals surface area contributed by atoms with Crippen LogP contribution in [0, 0.1) is 13.8 Å². The zero-order valence-electron chi connectivity index (χ0n) is 24.3. The summed E-state index contributed by atoms with van der Waals surface area (Å²) in [5.41, 5.74) is 6.27. The maximum absolute atomic E-state index is 13.7. The number of rotatable bonds is 12. The Morgan fingerprint density at radius 3 is 2.39 bits per heavy atom. The summed E-state index contributed by atoms with van der Waals surface area (Å²) in [5, 5.41) is 20.9. The van der Waals surface area contributed by atoms with Gasteiger partial charge < -0.3 is 21.1 Å². The van der Waals surface area contributed by atoms with Crippen molar-refractivity contribution in [3.05, 3.63) is 94.5 Å². The fraction of sp³-hybridized carbons (Fsp3) is 0.406. The summed E-state index contributed by atoms with van der Waals surface area (Å²) in [7, 11) is -2.94. The van der Waals surface area contributed by atoms with Crippen LogP contribution < -0.4 is 20.3 Å². The lowest BCUT2D eigenvalue weighted by molar-refractivity contribution is 0.0830. The predicted octanol–water partition coefficient (Wildman–Crippen LogP) is 5.49. The van der Waals surface area contributed by atoms with E-state index in [-0.39, 0.29) is 5.91 Å². The minimum absolute atomic E-state index is 0.308. The van der Waals surface area contributed by atoms with Crippen molar-refractivity contribution >= 4 is 28.1 Å². The van der Waals surface area contributed by atoms with Crippen molar-refractivity contribution in [3.63, 3.8) is 0 Å². The topological polar surface area (TPSA) is 117 Å². The SMILES string of the molecule is CCNc1cc(C(=O)N[C@@H](Cc2ccccc2)[C@H](O)CNCc2cc(C)cc(C)c2)cc(N2CCCCS2(O)O)c1. The normalized spacial score (nSPS) is 17.0. The predicted molar refractivity (Wildman–Crippen MR) is 170 cm³/mol. The molecule has 0 unspecified atom stereocenters. The van der Waals surface area contributed by atoms with Gasteiger partial charge >= 0.3 is 0 Å². The molecule has 1 aliphatic heterocycles. The number of nitrogens with zero attached hydrogens (tertiary/aromatic N) is 1. The minimum atomic E-state index is -2.94. The molecule has 0 saturated carbocycles. The lowest BCUT2D eigenvalue weighted by atomic mass is 10.00. The number of amides is 1. The fourth-order valence-corrected chi connectivity index (χ4v) is 7.05. The summed E-state index contributed by atoms with van der Waals surface area (Å²) in [6.45, 7) is 8.20. The zero-order chi connectivity index (χ0) is 29.4. The van der Waals surface area contributed by atoms with Crippen molar-refractivity contribution in [2.75, 3.05) is 35.0 Å². The summed E-state index contributed by atoms with van der Waals surface area (Å²) in [5.74, 6) is -0.00534. The van der Waals surface area contributed by atoms with E-state index in [1.54, 1.807) is 16.4 Å². The van der Waals surface area contributed by atoms with Crippen LogP contribution in [0.4, 0.5) is 11.4 Å². The molecule has 41 heavy (non-hydrogen) atoms. The van der Waals surface area contributed by atoms with Crippen LogP contribution in [0.2, 0.25) is 0 Å². The van der Waals surface area contributed by atoms with E-state index in [2.05, 4.69) is 48.0 Å². The Kier molecular flexibility index (Phi) is 10.7. The summed E-state index contributed by atoms with van der Waals surface area (Å²) in [6.07, 6.45) is 1.24. The molecular formula is C32H44N4O4S. The standard InChI is InChI=1S/C32H44N4O4S/c1-4-34-28-18-27(19-29(20-28)36-12-8-9-13-41(36,39)40)32(38)35-30(17-25-10-6-5-7-11-25)31(37)22-33-21-26-15-23(2)14-24(3)16-26/h5-7,10-11,14-16,18-20,30-31,33-34,37,39-40H,4,8-9,12-13,17,21-22H2,1-3H3,(H,35,38)/t30-,31+/m0/s1. The van der Waals surface area contributed by atoms with Gasteiger partial charge in [-0.3, -0.25) is 18.2 Å². The number of anilines is 2. The molecule has 3 aromatic carbocycles. The molecule has 8 nitrogen and oxygen atoms in total. The summed E-state index contributed by atoms with van der Waals surface area (Å²) in [4.78, 5) is 13.7. The van der Waals surface area contributed by atoms with E-state index in [1.165, 1.54) is 11.1 Å². The second-order valence-electron chi connectivity index (χ2n) is 10.9. The largest absolute Gasteiger partial charge is 0.390 e. The van der Waals surface area contributed by atoms with Crippen LogP contribution in [-0.4, -0.2) is 57.7 Å². The average Bonchev–Trinajstić information content (AvgIpc) is 2.92. The van der Waals surface area contributed by atoms with E-state index in [0.717, 1.165) is 29.7 Å². The summed E-state index contributed by atoms with van der Waals surface area (Å²) < 4.78 is 23.1. The first-order valence-electron chi connectivity index (χ1n) is 14.4. The minimum Gasteiger partial charge on any atom is -0.390 e. The van der Waals surface area contributed by atoms with Crippen molar-refractivity contribution in [2.45, 2.75) is 58.7 Å². The van der Waals surface area contributed by atoms with Crippen molar-refractivity contribution in [2.24, 2.45) is 0 Å². The van der Waals surface area contributed by atoms with Crippen molar-refractivity contribution in [3.8, 4) is 0 Å². The summed E-state index contributed by atoms with van der Waals surface area (Å²) >= 11 is 0. The first-order valence-corrected chi connectivity index (χ1v) is 16.0. The molecular weight excluding hydrogens is 536 g/mol. The molecule has 1 aliphatic rings. The van der Waals surface area contributed by atoms with Crippen LogP contribution in [0.15, 0.2) is 66.7 Å². The molecule has 0 aromatic heterocycles. The van der Waals surface area contributed by atoms with Gasteiger partial charge in [-0.15, -0.1) is 10.8 Å². The van der Waals surface area contributed by atoms with Crippen LogP contribution in [0.25, 0.3) is 0 Å². The van der Waals surface area contributed by atoms with E-state index in [0.29, 0.717) is 49.6 Å². The number of aliphatic hydroxyl groups is 1. The van der Waals surface area contributed by atoms with Crippen LogP contribution in [-0.2, 0) is 13.0 Å². The number of aryl methyl sites for hydroxylation is 2. The third kappa shape index (κ3) is 8.70. The van der Waals surface area contributed by atoms with E-state index < -0.39 is 22.9 Å². The first kappa shape index (κ1) is 30.9. The molecule has 6 N–H and O–H groups in total. The van der Waals surface area contributed by atoms with Gasteiger partial charge in [0, 0.05) is 37.4 Å². The van der Waals surface area contributed by atoms with Gasteiger partial charge in [-0.05, 0) is 69.4 Å². The van der Waals surface area contributed by atoms with Gasteiger partial charge in [0.15, 0.2) is 0 Å². The molecule has 0 aliphatic carbocycles. The van der Waals surface area contributed by atoms with Gasteiger partial charge in [-0.2, -0.15) is 0 Å². The quantitative estimate of drug-likeness (QED) is 0.168. The monoisotopic (exact) mass is 580 g/mol. The maximum atomic E-state index is 13.7. The van der Waals surface area contributed by atoms with Crippen molar-refractivity contribution < 1.29 is 19.0 Å². The number of nitrogens with one attached hydrogen (secondary N) is 3. The van der Waals surface area contributed by atoms with Gasteiger partial charge in [-0.1, -0.05) is 59.7 Å². The molecule has 1 heterocycles. The molecule has 1 fully saturated rings. The lowest BCUT2D eigenvalue weighted by Crippen LogP contribution is -2.48. The Bertz CT molecular complexity index is 1280. The highest BCUT2D eigenvalue weighted by atomic mass is 32.3. The van der Waals surface area contributed by atoms with Crippen LogP contribution in [0.1, 0.15) is 52.4 Å². The van der Waals surface area contributed by atoms with Gasteiger partial charge in [0.05, 0.1) is 23.6 Å². The second-order valence-corrected chi connectivity index (χ2v) is 13.0. The summed E-state index contributed by atoms with van der Waals surface area (Å²) in [6, 6.07) is 21.0. The zero-order valence-corrected chi connectivity index (χ0v) is 25.1. The van der Waals surface area contributed by atoms with Crippen LogP contribution in [0.3, 0.4) is 0 Å². The molecule has 1 saturated heterocycles. The Hall–Kier alpha value is -3.08. The number of carbonyl (C=O) groups excluding carboxylic acids is 1. The van der Waals surface area contributed by atoms with Gasteiger partial charge in [0.1, 0.15) is 0 Å². The molecule has 9 heteroatoms. The average molecular weight is 581 g/mol. The van der Waals surface area contributed by atoms with E-state index in [1.807, 2.05) is 43.3 Å². The number of benzene rings is 3. The van der Waals surface area contributed by atoms with E-state index in [9.17, 15) is 19.0 Å². The number of hydrogen-bond acceptors (Lipinski definition) is 7. The van der Waals surface area contributed by atoms with Crippen molar-refractivity contribution in [1.29, 1.82) is 0 Å². The highest BCUT2D eigenvalue weighted by Gasteiger charge is 2.28. The Morgan fingerprint density at radius 2 is 1.71 bits per heavy atom. The van der Waals surface area contributed by atoms with Gasteiger partial charge in [-0.25, -0.2) is 0 Å².